The van der Waals surface area contributed by atoms with Crippen LogP contribution in [0.3, 0.4) is 0 Å². The number of amides is 1. The highest BCUT2D eigenvalue weighted by atomic mass is 32.2. The number of nitrogens with zero attached hydrogens (tertiary/aromatic N) is 2. The molecule has 1 amide bonds. The molecular formula is C17H26N2O2S. The van der Waals surface area contributed by atoms with Crippen molar-refractivity contribution in [2.45, 2.75) is 44.1 Å². The maximum atomic E-state index is 12.1. The molecule has 1 atom stereocenters. The van der Waals surface area contributed by atoms with Gasteiger partial charge < -0.3 is 5.11 Å². The van der Waals surface area contributed by atoms with E-state index in [1.165, 1.54) is 10.5 Å². The summed E-state index contributed by atoms with van der Waals surface area (Å²) >= 11 is 1.78. The Morgan fingerprint density at radius 3 is 2.68 bits per heavy atom. The number of rotatable bonds is 7. The number of aliphatic hydroxyl groups excluding tert-OH is 1. The van der Waals surface area contributed by atoms with Gasteiger partial charge in [-0.15, -0.1) is 11.8 Å². The summed E-state index contributed by atoms with van der Waals surface area (Å²) in [5.74, 6) is 1.10. The van der Waals surface area contributed by atoms with E-state index in [1.54, 1.807) is 18.7 Å². The minimum Gasteiger partial charge on any atom is -0.393 e. The number of aliphatic hydroxyl groups is 1. The molecule has 0 aromatic heterocycles. The number of aryl methyl sites for hydroxylation is 1. The van der Waals surface area contributed by atoms with E-state index in [1.807, 2.05) is 5.01 Å². The Morgan fingerprint density at radius 1 is 1.27 bits per heavy atom. The van der Waals surface area contributed by atoms with Crippen LogP contribution in [0.15, 0.2) is 29.2 Å². The zero-order valence-corrected chi connectivity index (χ0v) is 14.3. The number of hydrogen-bond donors (Lipinski definition) is 1. The summed E-state index contributed by atoms with van der Waals surface area (Å²) in [5.41, 5.74) is 1.26. The third kappa shape index (κ3) is 5.30. The minimum absolute atomic E-state index is 0.210. The lowest BCUT2D eigenvalue weighted by molar-refractivity contribution is -0.155. The van der Waals surface area contributed by atoms with Gasteiger partial charge in [-0.05, 0) is 38.8 Å². The number of carbonyl (C=O) groups excluding carboxylic acids is 1. The smallest absolute Gasteiger partial charge is 0.236 e. The van der Waals surface area contributed by atoms with E-state index in [9.17, 15) is 9.90 Å². The molecule has 1 aliphatic rings. The average Bonchev–Trinajstić information content (AvgIpc) is 2.49. The predicted octanol–water partition coefficient (Wildman–Crippen LogP) is 2.70. The molecule has 122 valence electrons. The SMILES string of the molecule is Cc1ccc(SCCN2C(=O)CCCN2CCC(C)O)cc1. The summed E-state index contributed by atoms with van der Waals surface area (Å²) in [5, 5.41) is 13.4. The monoisotopic (exact) mass is 322 g/mol. The van der Waals surface area contributed by atoms with Crippen molar-refractivity contribution in [2.24, 2.45) is 0 Å². The van der Waals surface area contributed by atoms with E-state index in [2.05, 4.69) is 36.2 Å². The topological polar surface area (TPSA) is 43.8 Å². The van der Waals surface area contributed by atoms with Crippen LogP contribution in [0.4, 0.5) is 0 Å². The fraction of sp³-hybridized carbons (Fsp3) is 0.588. The van der Waals surface area contributed by atoms with Gasteiger partial charge in [0.05, 0.1) is 6.10 Å². The van der Waals surface area contributed by atoms with Gasteiger partial charge in [-0.3, -0.25) is 9.80 Å². The highest BCUT2D eigenvalue weighted by Crippen LogP contribution is 2.20. The largest absolute Gasteiger partial charge is 0.393 e. The molecule has 0 bridgehead atoms. The van der Waals surface area contributed by atoms with Crippen molar-refractivity contribution in [1.82, 2.24) is 10.0 Å². The molecule has 1 aromatic carbocycles. The molecule has 1 fully saturated rings. The van der Waals surface area contributed by atoms with Gasteiger partial charge in [0.2, 0.25) is 5.91 Å². The first-order chi connectivity index (χ1) is 10.6. The quantitative estimate of drug-likeness (QED) is 0.784. The average molecular weight is 322 g/mol. The lowest BCUT2D eigenvalue weighted by Crippen LogP contribution is -2.52. The van der Waals surface area contributed by atoms with Gasteiger partial charge in [0, 0.05) is 36.7 Å². The zero-order chi connectivity index (χ0) is 15.9. The first-order valence-corrected chi connectivity index (χ1v) is 8.97. The Hall–Kier alpha value is -1.04. The van der Waals surface area contributed by atoms with Gasteiger partial charge in [-0.1, -0.05) is 17.7 Å². The van der Waals surface area contributed by atoms with E-state index < -0.39 is 0 Å². The second-order valence-corrected chi connectivity index (χ2v) is 7.04. The van der Waals surface area contributed by atoms with Crippen LogP contribution in [0.5, 0.6) is 0 Å². The van der Waals surface area contributed by atoms with Crippen LogP contribution in [0.2, 0.25) is 0 Å². The molecule has 0 spiro atoms. The Kier molecular flexibility index (Phi) is 6.73. The molecule has 4 nitrogen and oxygen atoms in total. The third-order valence-corrected chi connectivity index (χ3v) is 4.83. The highest BCUT2D eigenvalue weighted by molar-refractivity contribution is 7.99. The van der Waals surface area contributed by atoms with Gasteiger partial charge in [0.15, 0.2) is 0 Å². The zero-order valence-electron chi connectivity index (χ0n) is 13.5. The maximum Gasteiger partial charge on any atom is 0.236 e. The van der Waals surface area contributed by atoms with Crippen LogP contribution < -0.4 is 0 Å². The van der Waals surface area contributed by atoms with Crippen molar-refractivity contribution in [2.75, 3.05) is 25.4 Å². The highest BCUT2D eigenvalue weighted by Gasteiger charge is 2.25. The second kappa shape index (κ2) is 8.56. The summed E-state index contributed by atoms with van der Waals surface area (Å²) in [6, 6.07) is 8.49. The molecule has 1 saturated heterocycles. The van der Waals surface area contributed by atoms with Gasteiger partial charge in [-0.25, -0.2) is 5.01 Å². The van der Waals surface area contributed by atoms with Crippen molar-refractivity contribution in [3.8, 4) is 0 Å². The fourth-order valence-corrected chi connectivity index (χ4v) is 3.37. The van der Waals surface area contributed by atoms with Crippen molar-refractivity contribution in [1.29, 1.82) is 0 Å². The molecule has 0 radical (unpaired) electrons. The van der Waals surface area contributed by atoms with Crippen LogP contribution in [0, 0.1) is 6.92 Å². The fourth-order valence-electron chi connectivity index (χ4n) is 2.54. The summed E-state index contributed by atoms with van der Waals surface area (Å²) in [7, 11) is 0. The molecule has 22 heavy (non-hydrogen) atoms. The first-order valence-electron chi connectivity index (χ1n) is 7.99. The minimum atomic E-state index is -0.319. The van der Waals surface area contributed by atoms with Gasteiger partial charge in [0.1, 0.15) is 0 Å². The summed E-state index contributed by atoms with van der Waals surface area (Å²) in [6.07, 6.45) is 1.94. The molecule has 1 N–H and O–H groups in total. The van der Waals surface area contributed by atoms with Gasteiger partial charge >= 0.3 is 0 Å². The first kappa shape index (κ1) is 17.3. The normalized spacial score (nSPS) is 17.8. The maximum absolute atomic E-state index is 12.1. The summed E-state index contributed by atoms with van der Waals surface area (Å²) in [4.78, 5) is 13.4. The van der Waals surface area contributed by atoms with Crippen LogP contribution in [0.1, 0.15) is 31.7 Å². The Bertz CT molecular complexity index is 476. The Balaban J connectivity index is 1.84. The Morgan fingerprint density at radius 2 is 2.00 bits per heavy atom. The summed E-state index contributed by atoms with van der Waals surface area (Å²) in [6.45, 7) is 6.27. The predicted molar refractivity (Wildman–Crippen MR) is 90.7 cm³/mol. The molecule has 1 unspecified atom stereocenters. The lowest BCUT2D eigenvalue weighted by atomic mass is 10.2. The molecule has 1 aliphatic heterocycles. The Labute approximate surface area is 137 Å². The standard InChI is InChI=1S/C17H26N2O2S/c1-14-5-7-16(8-6-14)22-13-12-19-17(21)4-3-10-18(19)11-9-15(2)20/h5-8,15,20H,3-4,9-13H2,1-2H3. The molecule has 1 aromatic rings. The number of hydrogen-bond acceptors (Lipinski definition) is 4. The van der Waals surface area contributed by atoms with Crippen LogP contribution in [0.25, 0.3) is 0 Å². The molecule has 0 aliphatic carbocycles. The van der Waals surface area contributed by atoms with Crippen LogP contribution in [-0.2, 0) is 4.79 Å². The molecule has 0 saturated carbocycles. The molecular weight excluding hydrogens is 296 g/mol. The number of benzene rings is 1. The second-order valence-electron chi connectivity index (χ2n) is 5.87. The van der Waals surface area contributed by atoms with Crippen molar-refractivity contribution in [3.63, 3.8) is 0 Å². The van der Waals surface area contributed by atoms with Crippen molar-refractivity contribution >= 4 is 17.7 Å². The van der Waals surface area contributed by atoms with Crippen LogP contribution >= 0.6 is 11.8 Å². The van der Waals surface area contributed by atoms with Crippen LogP contribution in [-0.4, -0.2) is 52.5 Å². The van der Waals surface area contributed by atoms with Crippen molar-refractivity contribution < 1.29 is 9.90 Å². The summed E-state index contributed by atoms with van der Waals surface area (Å²) < 4.78 is 0. The molecule has 2 rings (SSSR count). The van der Waals surface area contributed by atoms with E-state index in [-0.39, 0.29) is 12.0 Å². The van der Waals surface area contributed by atoms with Gasteiger partial charge in [0.25, 0.3) is 0 Å². The number of thioether (sulfide) groups is 1. The van der Waals surface area contributed by atoms with Crippen molar-refractivity contribution in [3.05, 3.63) is 29.8 Å². The van der Waals surface area contributed by atoms with E-state index in [0.29, 0.717) is 12.8 Å². The van der Waals surface area contributed by atoms with Gasteiger partial charge in [-0.2, -0.15) is 0 Å². The molecule has 5 heteroatoms. The van der Waals surface area contributed by atoms with E-state index >= 15 is 0 Å². The van der Waals surface area contributed by atoms with E-state index in [4.69, 9.17) is 0 Å². The number of hydrazine groups is 1. The molecule has 1 heterocycles. The number of carbonyl (C=O) groups is 1. The third-order valence-electron chi connectivity index (χ3n) is 3.83. The van der Waals surface area contributed by atoms with E-state index in [0.717, 1.165) is 31.8 Å². The lowest BCUT2D eigenvalue weighted by Gasteiger charge is -2.38.